The van der Waals surface area contributed by atoms with Crippen molar-refractivity contribution in [1.82, 2.24) is 5.32 Å². The van der Waals surface area contributed by atoms with Crippen molar-refractivity contribution in [3.8, 4) is 0 Å². The van der Waals surface area contributed by atoms with Gasteiger partial charge in [0.05, 0.1) is 0 Å². The first-order chi connectivity index (χ1) is 8.89. The molecule has 1 aromatic carbocycles. The van der Waals surface area contributed by atoms with Gasteiger partial charge in [-0.25, -0.2) is 0 Å². The van der Waals surface area contributed by atoms with Crippen molar-refractivity contribution in [3.63, 3.8) is 0 Å². The van der Waals surface area contributed by atoms with Gasteiger partial charge in [0, 0.05) is 23.8 Å². The van der Waals surface area contributed by atoms with E-state index in [1.54, 1.807) is 0 Å². The van der Waals surface area contributed by atoms with E-state index in [0.29, 0.717) is 12.0 Å². The van der Waals surface area contributed by atoms with Gasteiger partial charge in [-0.05, 0) is 51.3 Å². The van der Waals surface area contributed by atoms with Crippen LogP contribution in [0.15, 0.2) is 18.2 Å². The lowest BCUT2D eigenvalue weighted by atomic mass is 9.92. The molecule has 1 N–H and O–H groups in total. The first-order valence-electron chi connectivity index (χ1n) is 7.44. The molecule has 1 unspecified atom stereocenters. The molecule has 1 aromatic rings. The molecule has 0 bridgehead atoms. The Morgan fingerprint density at radius 3 is 2.53 bits per heavy atom. The maximum absolute atomic E-state index is 3.48. The van der Waals surface area contributed by atoms with Crippen LogP contribution in [0.5, 0.6) is 0 Å². The minimum atomic E-state index is 0.171. The maximum Gasteiger partial charge on any atom is 0.0499 e. The van der Waals surface area contributed by atoms with E-state index in [0.717, 1.165) is 6.54 Å². The molecule has 1 fully saturated rings. The molecule has 1 saturated heterocycles. The van der Waals surface area contributed by atoms with Gasteiger partial charge in [0.25, 0.3) is 0 Å². The molecule has 0 spiro atoms. The van der Waals surface area contributed by atoms with Crippen molar-refractivity contribution < 1.29 is 0 Å². The topological polar surface area (TPSA) is 15.3 Å². The molecule has 2 nitrogen and oxygen atoms in total. The van der Waals surface area contributed by atoms with Gasteiger partial charge < -0.3 is 10.2 Å². The lowest BCUT2D eigenvalue weighted by Gasteiger charge is -2.40. The van der Waals surface area contributed by atoms with Crippen molar-refractivity contribution in [2.24, 2.45) is 0 Å². The van der Waals surface area contributed by atoms with Crippen LogP contribution in [0.1, 0.15) is 51.2 Å². The summed E-state index contributed by atoms with van der Waals surface area (Å²) in [5.41, 5.74) is 4.51. The van der Waals surface area contributed by atoms with E-state index < -0.39 is 0 Å². The largest absolute Gasteiger partial charge is 0.364 e. The second-order valence-electron chi connectivity index (χ2n) is 6.60. The third kappa shape index (κ3) is 2.38. The van der Waals surface area contributed by atoms with Crippen molar-refractivity contribution in [1.29, 1.82) is 0 Å². The molecule has 2 heteroatoms. The summed E-state index contributed by atoms with van der Waals surface area (Å²) in [4.78, 5) is 2.61. The molecule has 1 atom stereocenters. The van der Waals surface area contributed by atoms with Crippen LogP contribution in [0.4, 0.5) is 5.69 Å². The van der Waals surface area contributed by atoms with Crippen molar-refractivity contribution in [2.75, 3.05) is 18.5 Å². The minimum absolute atomic E-state index is 0.171. The highest BCUT2D eigenvalue weighted by Gasteiger charge is 2.41. The Kier molecular flexibility index (Phi) is 3.91. The molecular formula is C17H28N2. The molecule has 1 heterocycles. The number of aryl methyl sites for hydroxylation is 1. The minimum Gasteiger partial charge on any atom is -0.364 e. The molecule has 2 rings (SSSR count). The molecule has 0 radical (unpaired) electrons. The second-order valence-corrected chi connectivity index (χ2v) is 6.60. The van der Waals surface area contributed by atoms with Gasteiger partial charge in [0.2, 0.25) is 0 Å². The Labute approximate surface area is 118 Å². The predicted molar refractivity (Wildman–Crippen MR) is 84.2 cm³/mol. The summed E-state index contributed by atoms with van der Waals surface area (Å²) < 4.78 is 0. The maximum atomic E-state index is 3.48. The van der Waals surface area contributed by atoms with Crippen molar-refractivity contribution in [2.45, 2.75) is 58.5 Å². The zero-order chi connectivity index (χ0) is 14.2. The molecule has 1 aliphatic heterocycles. The van der Waals surface area contributed by atoms with Crippen LogP contribution >= 0.6 is 0 Å². The van der Waals surface area contributed by atoms with E-state index in [2.05, 4.69) is 70.1 Å². The Hall–Kier alpha value is -1.02. The van der Waals surface area contributed by atoms with Gasteiger partial charge in [-0.2, -0.15) is 0 Å². The highest BCUT2D eigenvalue weighted by Crippen LogP contribution is 2.39. The number of likely N-dealkylation sites (N-methyl/N-ethyl adjacent to an activating group) is 1. The predicted octanol–water partition coefficient (Wildman–Crippen LogP) is 3.70. The molecule has 0 amide bonds. The average Bonchev–Trinajstić information content (AvgIpc) is 2.63. The smallest absolute Gasteiger partial charge is 0.0499 e. The Morgan fingerprint density at radius 2 is 2.00 bits per heavy atom. The van der Waals surface area contributed by atoms with Gasteiger partial charge in [0.15, 0.2) is 0 Å². The summed E-state index contributed by atoms with van der Waals surface area (Å²) in [5.74, 6) is 0.569. The molecular weight excluding hydrogens is 232 g/mol. The average molecular weight is 260 g/mol. The van der Waals surface area contributed by atoms with Crippen LogP contribution in [-0.4, -0.2) is 25.2 Å². The Balaban J connectivity index is 2.48. The molecule has 106 valence electrons. The van der Waals surface area contributed by atoms with E-state index in [9.17, 15) is 0 Å². The zero-order valence-corrected chi connectivity index (χ0v) is 13.2. The van der Waals surface area contributed by atoms with Crippen LogP contribution in [0.25, 0.3) is 0 Å². The monoisotopic (exact) mass is 260 g/mol. The number of hydrogen-bond donors (Lipinski definition) is 1. The van der Waals surface area contributed by atoms with Gasteiger partial charge in [0.1, 0.15) is 0 Å². The Morgan fingerprint density at radius 1 is 1.32 bits per heavy atom. The van der Waals surface area contributed by atoms with Crippen LogP contribution in [0.2, 0.25) is 0 Å². The van der Waals surface area contributed by atoms with Crippen LogP contribution in [0.3, 0.4) is 0 Å². The Bertz CT molecular complexity index is 449. The van der Waals surface area contributed by atoms with E-state index in [1.165, 1.54) is 23.2 Å². The molecule has 19 heavy (non-hydrogen) atoms. The van der Waals surface area contributed by atoms with Crippen LogP contribution in [0, 0.1) is 6.92 Å². The fraction of sp³-hybridized carbons (Fsp3) is 0.647. The fourth-order valence-corrected chi connectivity index (χ4v) is 3.50. The van der Waals surface area contributed by atoms with Crippen LogP contribution in [-0.2, 0) is 0 Å². The third-order valence-electron chi connectivity index (χ3n) is 4.70. The standard InChI is InChI=1S/C17H28N2/c1-12(2)14-9-7-8-13(3)16(14)19-11-10-15(18-6)17(19,4)5/h7-9,12,15,18H,10-11H2,1-6H3. The first-order valence-corrected chi connectivity index (χ1v) is 7.44. The second kappa shape index (κ2) is 5.16. The summed E-state index contributed by atoms with van der Waals surface area (Å²) in [5, 5.41) is 3.48. The number of rotatable bonds is 3. The number of para-hydroxylation sites is 1. The van der Waals surface area contributed by atoms with E-state index >= 15 is 0 Å². The lowest BCUT2D eigenvalue weighted by molar-refractivity contribution is 0.402. The van der Waals surface area contributed by atoms with Crippen LogP contribution < -0.4 is 10.2 Å². The number of nitrogens with zero attached hydrogens (tertiary/aromatic N) is 1. The molecule has 0 aliphatic carbocycles. The quantitative estimate of drug-likeness (QED) is 0.891. The van der Waals surface area contributed by atoms with E-state index in [-0.39, 0.29) is 5.54 Å². The summed E-state index contributed by atoms with van der Waals surface area (Å²) in [7, 11) is 2.08. The number of nitrogens with one attached hydrogen (secondary N) is 1. The fourth-order valence-electron chi connectivity index (χ4n) is 3.50. The normalized spacial score (nSPS) is 22.3. The molecule has 0 saturated carbocycles. The highest BCUT2D eigenvalue weighted by molar-refractivity contribution is 5.63. The summed E-state index contributed by atoms with van der Waals surface area (Å²) >= 11 is 0. The van der Waals surface area contributed by atoms with Gasteiger partial charge in [-0.1, -0.05) is 32.0 Å². The zero-order valence-electron chi connectivity index (χ0n) is 13.2. The lowest BCUT2D eigenvalue weighted by Crippen LogP contribution is -2.50. The SMILES string of the molecule is CNC1CCN(c2c(C)cccc2C(C)C)C1(C)C. The van der Waals surface area contributed by atoms with E-state index in [4.69, 9.17) is 0 Å². The van der Waals surface area contributed by atoms with Crippen molar-refractivity contribution >= 4 is 5.69 Å². The van der Waals surface area contributed by atoms with Gasteiger partial charge in [-0.3, -0.25) is 0 Å². The van der Waals surface area contributed by atoms with Gasteiger partial charge in [-0.15, -0.1) is 0 Å². The number of benzene rings is 1. The van der Waals surface area contributed by atoms with Crippen molar-refractivity contribution in [3.05, 3.63) is 29.3 Å². The van der Waals surface area contributed by atoms with Gasteiger partial charge >= 0.3 is 0 Å². The van der Waals surface area contributed by atoms with E-state index in [1.807, 2.05) is 0 Å². The molecule has 1 aliphatic rings. The molecule has 0 aromatic heterocycles. The first kappa shape index (κ1) is 14.4. The summed E-state index contributed by atoms with van der Waals surface area (Å²) in [6.45, 7) is 12.7. The summed E-state index contributed by atoms with van der Waals surface area (Å²) in [6.07, 6.45) is 1.22. The third-order valence-corrected chi connectivity index (χ3v) is 4.70. The highest BCUT2D eigenvalue weighted by atomic mass is 15.3. The number of anilines is 1. The summed E-state index contributed by atoms with van der Waals surface area (Å²) in [6, 6.07) is 7.28. The number of hydrogen-bond acceptors (Lipinski definition) is 2.